The van der Waals surface area contributed by atoms with Crippen molar-refractivity contribution in [2.24, 2.45) is 5.92 Å². The second-order valence-corrected chi connectivity index (χ2v) is 8.05. The highest BCUT2D eigenvalue weighted by Crippen LogP contribution is 2.42. The molecule has 4 unspecified atom stereocenters. The summed E-state index contributed by atoms with van der Waals surface area (Å²) in [4.78, 5) is 12.0. The Morgan fingerprint density at radius 1 is 1.11 bits per heavy atom. The van der Waals surface area contributed by atoms with E-state index in [4.69, 9.17) is 4.74 Å². The van der Waals surface area contributed by atoms with Crippen LogP contribution in [-0.4, -0.2) is 23.9 Å². The highest BCUT2D eigenvalue weighted by atomic mass is 32.2. The molecular weight excluding hydrogens is 365 g/mol. The molecular formula is C20H22FN3O2S. The van der Waals surface area contributed by atoms with Crippen molar-refractivity contribution in [3.05, 3.63) is 65.5 Å². The smallest absolute Gasteiger partial charge is 0.231 e. The van der Waals surface area contributed by atoms with Gasteiger partial charge < -0.3 is 10.1 Å². The van der Waals surface area contributed by atoms with Gasteiger partial charge in [0.15, 0.2) is 0 Å². The lowest BCUT2D eigenvalue weighted by molar-refractivity contribution is -0.119. The highest BCUT2D eigenvalue weighted by molar-refractivity contribution is 8.00. The summed E-state index contributed by atoms with van der Waals surface area (Å²) in [7, 11) is 0. The van der Waals surface area contributed by atoms with Gasteiger partial charge in [0.05, 0.1) is 11.9 Å². The van der Waals surface area contributed by atoms with Gasteiger partial charge in [-0.2, -0.15) is 0 Å². The first-order valence-electron chi connectivity index (χ1n) is 8.99. The number of carbonyl (C=O) groups excluding carboxylic acids is 1. The van der Waals surface area contributed by atoms with Crippen LogP contribution in [0.5, 0.6) is 5.75 Å². The maximum absolute atomic E-state index is 13.0. The Labute approximate surface area is 162 Å². The molecule has 2 aromatic rings. The summed E-state index contributed by atoms with van der Waals surface area (Å²) in [6.07, 6.45) is -0.0677. The Hall–Kier alpha value is -2.09. The number of nitrogens with one attached hydrogen (secondary N) is 3. The van der Waals surface area contributed by atoms with Crippen molar-refractivity contribution in [3.63, 3.8) is 0 Å². The summed E-state index contributed by atoms with van der Waals surface area (Å²) in [5, 5.41) is 3.25. The zero-order valence-electron chi connectivity index (χ0n) is 14.9. The molecule has 0 spiro atoms. The molecule has 2 fully saturated rings. The largest absolute Gasteiger partial charge is 0.489 e. The van der Waals surface area contributed by atoms with Gasteiger partial charge in [-0.3, -0.25) is 10.2 Å². The first-order chi connectivity index (χ1) is 13.1. The average molecular weight is 387 g/mol. The summed E-state index contributed by atoms with van der Waals surface area (Å²) < 4.78 is 18.8. The third-order valence-electron chi connectivity index (χ3n) is 5.02. The van der Waals surface area contributed by atoms with E-state index >= 15 is 0 Å². The molecule has 2 aliphatic heterocycles. The Kier molecular flexibility index (Phi) is 5.33. The highest BCUT2D eigenvalue weighted by Gasteiger charge is 2.42. The molecule has 27 heavy (non-hydrogen) atoms. The van der Waals surface area contributed by atoms with Crippen LogP contribution in [0.2, 0.25) is 0 Å². The van der Waals surface area contributed by atoms with Crippen LogP contribution < -0.4 is 20.9 Å². The van der Waals surface area contributed by atoms with Gasteiger partial charge in [0, 0.05) is 17.2 Å². The Morgan fingerprint density at radius 3 is 2.59 bits per heavy atom. The maximum atomic E-state index is 13.0. The summed E-state index contributed by atoms with van der Waals surface area (Å²) in [6.45, 7) is 2.52. The number of hydrogen-bond acceptors (Lipinski definition) is 5. The molecule has 4 atom stereocenters. The Bertz CT molecular complexity index is 800. The third-order valence-corrected chi connectivity index (χ3v) is 6.39. The van der Waals surface area contributed by atoms with Crippen molar-refractivity contribution in [2.75, 3.05) is 5.75 Å². The van der Waals surface area contributed by atoms with Gasteiger partial charge in [0.2, 0.25) is 5.91 Å². The first kappa shape index (κ1) is 18.3. The average Bonchev–Trinajstić information content (AvgIpc) is 2.93. The number of thioether (sulfide) groups is 1. The topological polar surface area (TPSA) is 62.4 Å². The summed E-state index contributed by atoms with van der Waals surface area (Å²) in [6, 6.07) is 14.6. The van der Waals surface area contributed by atoms with Crippen LogP contribution in [0.15, 0.2) is 48.5 Å². The molecule has 5 nitrogen and oxygen atoms in total. The van der Waals surface area contributed by atoms with E-state index in [1.165, 1.54) is 17.7 Å². The van der Waals surface area contributed by atoms with E-state index in [1.54, 1.807) is 23.9 Å². The molecule has 2 aliphatic rings. The molecule has 142 valence electrons. The number of amides is 1. The molecule has 2 aromatic carbocycles. The number of rotatable bonds is 4. The molecule has 2 heterocycles. The lowest BCUT2D eigenvalue weighted by Gasteiger charge is -2.27. The number of halogens is 1. The van der Waals surface area contributed by atoms with Crippen molar-refractivity contribution in [3.8, 4) is 5.75 Å². The van der Waals surface area contributed by atoms with Crippen LogP contribution >= 0.6 is 11.8 Å². The van der Waals surface area contributed by atoms with Gasteiger partial charge in [-0.1, -0.05) is 24.3 Å². The predicted molar refractivity (Wildman–Crippen MR) is 104 cm³/mol. The molecule has 3 N–H and O–H groups in total. The zero-order valence-corrected chi connectivity index (χ0v) is 15.8. The number of fused-ring (bicyclic) bond motifs is 1. The van der Waals surface area contributed by atoms with Crippen LogP contribution in [0, 0.1) is 11.7 Å². The van der Waals surface area contributed by atoms with E-state index in [0.29, 0.717) is 12.4 Å². The van der Waals surface area contributed by atoms with E-state index in [1.807, 2.05) is 12.1 Å². The molecule has 0 aliphatic carbocycles. The van der Waals surface area contributed by atoms with Gasteiger partial charge in [-0.25, -0.2) is 9.82 Å². The molecule has 0 radical (unpaired) electrons. The number of hydrogen-bond donors (Lipinski definition) is 3. The zero-order chi connectivity index (χ0) is 18.8. The first-order valence-corrected chi connectivity index (χ1v) is 10.0. The minimum Gasteiger partial charge on any atom is -0.489 e. The second kappa shape index (κ2) is 7.88. The van der Waals surface area contributed by atoms with Crippen LogP contribution in [0.4, 0.5) is 4.39 Å². The predicted octanol–water partition coefficient (Wildman–Crippen LogP) is 2.75. The van der Waals surface area contributed by atoms with Crippen LogP contribution in [-0.2, 0) is 11.4 Å². The lowest BCUT2D eigenvalue weighted by atomic mass is 9.91. The number of ether oxygens (including phenoxy) is 1. The summed E-state index contributed by atoms with van der Waals surface area (Å²) >= 11 is 1.67. The monoisotopic (exact) mass is 387 g/mol. The number of carbonyl (C=O) groups is 1. The van der Waals surface area contributed by atoms with Crippen LogP contribution in [0.3, 0.4) is 0 Å². The van der Waals surface area contributed by atoms with E-state index in [9.17, 15) is 9.18 Å². The fourth-order valence-corrected chi connectivity index (χ4v) is 4.96. The molecule has 0 aromatic heterocycles. The fraction of sp³-hybridized carbons (Fsp3) is 0.350. The van der Waals surface area contributed by atoms with Crippen molar-refractivity contribution >= 4 is 17.7 Å². The van der Waals surface area contributed by atoms with Crippen molar-refractivity contribution in [1.29, 1.82) is 0 Å². The quantitative estimate of drug-likeness (QED) is 0.753. The molecule has 0 saturated carbocycles. The fourth-order valence-electron chi connectivity index (χ4n) is 3.58. The number of hydrazine groups is 1. The Balaban J connectivity index is 1.46. The summed E-state index contributed by atoms with van der Waals surface area (Å²) in [5.74, 6) is 1.28. The maximum Gasteiger partial charge on any atom is 0.231 e. The minimum atomic E-state index is -0.250. The van der Waals surface area contributed by atoms with Gasteiger partial charge in [-0.15, -0.1) is 11.8 Å². The van der Waals surface area contributed by atoms with E-state index in [2.05, 4.69) is 35.2 Å². The Morgan fingerprint density at radius 2 is 1.85 bits per heavy atom. The van der Waals surface area contributed by atoms with Gasteiger partial charge in [0.1, 0.15) is 18.2 Å². The van der Waals surface area contributed by atoms with Gasteiger partial charge >= 0.3 is 0 Å². The minimum absolute atomic E-state index is 0.0557. The normalized spacial score (nSPS) is 27.6. The molecule has 7 heteroatoms. The molecule has 0 bridgehead atoms. The molecule has 1 amide bonds. The summed E-state index contributed by atoms with van der Waals surface area (Å²) in [5.41, 5.74) is 8.52. The third kappa shape index (κ3) is 4.10. The van der Waals surface area contributed by atoms with E-state index < -0.39 is 0 Å². The number of benzene rings is 2. The van der Waals surface area contributed by atoms with Gasteiger partial charge in [0.25, 0.3) is 0 Å². The second-order valence-electron chi connectivity index (χ2n) is 6.92. The standard InChI is InChI=1S/C20H22FN3O2S/c1-12-18-19(27-11-17(25)22-20(18)24-23-12)14-4-8-16(9-5-14)26-10-13-2-6-15(21)7-3-13/h2-9,12,18-20,23-24H,10-11H2,1H3,(H,22,25). The van der Waals surface area contributed by atoms with Crippen LogP contribution in [0.1, 0.15) is 23.3 Å². The molecule has 4 rings (SSSR count). The lowest BCUT2D eigenvalue weighted by Crippen LogP contribution is -2.46. The van der Waals surface area contributed by atoms with E-state index in [0.717, 1.165) is 11.3 Å². The van der Waals surface area contributed by atoms with Crippen LogP contribution in [0.25, 0.3) is 0 Å². The molecule has 2 saturated heterocycles. The van der Waals surface area contributed by atoms with Crippen molar-refractivity contribution < 1.29 is 13.9 Å². The van der Waals surface area contributed by atoms with Crippen molar-refractivity contribution in [2.45, 2.75) is 31.0 Å². The van der Waals surface area contributed by atoms with E-state index in [-0.39, 0.29) is 35.1 Å². The SMILES string of the molecule is CC1NNC2NC(=O)CSC(c3ccc(OCc4ccc(F)cc4)cc3)C12. The van der Waals surface area contributed by atoms with Crippen molar-refractivity contribution in [1.82, 2.24) is 16.2 Å². The van der Waals surface area contributed by atoms with Gasteiger partial charge in [-0.05, 0) is 42.3 Å².